The highest BCUT2D eigenvalue weighted by atomic mass is 16.5. The van der Waals surface area contributed by atoms with Crippen molar-refractivity contribution in [1.29, 1.82) is 0 Å². The van der Waals surface area contributed by atoms with Crippen molar-refractivity contribution in [2.45, 2.75) is 19.3 Å². The molecule has 0 bridgehead atoms. The number of nitrogens with zero attached hydrogens (tertiary/aromatic N) is 1. The van der Waals surface area contributed by atoms with Gasteiger partial charge in [0.1, 0.15) is 0 Å². The lowest BCUT2D eigenvalue weighted by Crippen LogP contribution is -2.10. The first-order valence-electron chi connectivity index (χ1n) is 10.4. The van der Waals surface area contributed by atoms with E-state index in [2.05, 4.69) is 77.4 Å². The van der Waals surface area contributed by atoms with Gasteiger partial charge in [-0.3, -0.25) is 4.79 Å². The van der Waals surface area contributed by atoms with Crippen LogP contribution in [0.2, 0.25) is 0 Å². The second-order valence-electron chi connectivity index (χ2n) is 7.52. The van der Waals surface area contributed by atoms with Gasteiger partial charge in [-0.05, 0) is 35.7 Å². The number of carbonyl (C=O) groups is 1. The minimum absolute atomic E-state index is 0.0343. The van der Waals surface area contributed by atoms with Gasteiger partial charge >= 0.3 is 5.97 Å². The van der Waals surface area contributed by atoms with Gasteiger partial charge in [-0.25, -0.2) is 0 Å². The van der Waals surface area contributed by atoms with Crippen molar-refractivity contribution in [2.75, 3.05) is 6.61 Å². The second-order valence-corrected chi connectivity index (χ2v) is 7.52. The van der Waals surface area contributed by atoms with Crippen molar-refractivity contribution in [1.82, 2.24) is 4.57 Å². The Morgan fingerprint density at radius 1 is 0.867 bits per heavy atom. The van der Waals surface area contributed by atoms with Crippen LogP contribution in [-0.2, 0) is 9.53 Å². The summed E-state index contributed by atoms with van der Waals surface area (Å²) >= 11 is 0. The van der Waals surface area contributed by atoms with E-state index in [0.717, 1.165) is 28.2 Å². The number of rotatable bonds is 5. The molecule has 0 saturated carbocycles. The third-order valence-corrected chi connectivity index (χ3v) is 5.75. The smallest absolute Gasteiger partial charge is 0.306 e. The van der Waals surface area contributed by atoms with E-state index in [1.54, 1.807) is 0 Å². The molecule has 1 aliphatic rings. The normalized spacial score (nSPS) is 14.2. The minimum Gasteiger partial charge on any atom is -0.466 e. The molecule has 0 saturated heterocycles. The number of carbonyl (C=O) groups excluding carboxylic acids is 1. The van der Waals surface area contributed by atoms with Crippen LogP contribution in [-0.4, -0.2) is 17.1 Å². The van der Waals surface area contributed by atoms with Crippen LogP contribution in [0.1, 0.15) is 30.5 Å². The van der Waals surface area contributed by atoms with Crippen LogP contribution in [0.15, 0.2) is 91.0 Å². The summed E-state index contributed by atoms with van der Waals surface area (Å²) in [5.74, 6) is -0.194. The number of para-hydroxylation sites is 1. The Morgan fingerprint density at radius 3 is 2.20 bits per heavy atom. The third-order valence-electron chi connectivity index (χ3n) is 5.75. The predicted octanol–water partition coefficient (Wildman–Crippen LogP) is 6.21. The Labute approximate surface area is 176 Å². The fourth-order valence-electron chi connectivity index (χ4n) is 4.53. The molecule has 3 aromatic carbocycles. The molecule has 2 heterocycles. The summed E-state index contributed by atoms with van der Waals surface area (Å²) in [6.07, 6.45) is 0.336. The molecule has 1 unspecified atom stereocenters. The molecule has 0 aliphatic carbocycles. The maximum Gasteiger partial charge on any atom is 0.306 e. The van der Waals surface area contributed by atoms with Crippen molar-refractivity contribution < 1.29 is 9.53 Å². The van der Waals surface area contributed by atoms with E-state index in [1.165, 1.54) is 11.1 Å². The van der Waals surface area contributed by atoms with Gasteiger partial charge in [0.05, 0.1) is 18.7 Å². The maximum absolute atomic E-state index is 12.5. The number of fused-ring (bicyclic) bond motifs is 3. The molecule has 0 N–H and O–H groups in total. The van der Waals surface area contributed by atoms with Gasteiger partial charge in [0.15, 0.2) is 0 Å². The van der Waals surface area contributed by atoms with Crippen LogP contribution >= 0.6 is 0 Å². The Hall–Kier alpha value is -3.59. The maximum atomic E-state index is 12.5. The van der Waals surface area contributed by atoms with Gasteiger partial charge in [-0.15, -0.1) is 0 Å². The zero-order chi connectivity index (χ0) is 20.5. The van der Waals surface area contributed by atoms with Crippen LogP contribution < -0.4 is 0 Å². The first-order chi connectivity index (χ1) is 14.8. The predicted molar refractivity (Wildman–Crippen MR) is 120 cm³/mol. The second kappa shape index (κ2) is 7.68. The first kappa shape index (κ1) is 18.4. The molecule has 1 aromatic heterocycles. The fourth-order valence-corrected chi connectivity index (χ4v) is 4.53. The quantitative estimate of drug-likeness (QED) is 0.378. The van der Waals surface area contributed by atoms with Crippen LogP contribution in [0.4, 0.5) is 0 Å². The lowest BCUT2D eigenvalue weighted by Gasteiger charge is -2.13. The monoisotopic (exact) mass is 393 g/mol. The van der Waals surface area contributed by atoms with Gasteiger partial charge in [0, 0.05) is 22.9 Å². The highest BCUT2D eigenvalue weighted by Gasteiger charge is 2.35. The first-order valence-corrected chi connectivity index (χ1v) is 10.4. The summed E-state index contributed by atoms with van der Waals surface area (Å²) in [7, 11) is 0. The number of hydrogen-bond donors (Lipinski definition) is 0. The van der Waals surface area contributed by atoms with Gasteiger partial charge < -0.3 is 9.30 Å². The van der Waals surface area contributed by atoms with E-state index in [0.29, 0.717) is 13.0 Å². The van der Waals surface area contributed by atoms with Crippen LogP contribution in [0.5, 0.6) is 0 Å². The van der Waals surface area contributed by atoms with Gasteiger partial charge in [0.2, 0.25) is 0 Å². The summed E-state index contributed by atoms with van der Waals surface area (Å²) in [6.45, 7) is 2.25. The number of esters is 1. The molecule has 0 radical (unpaired) electrons. The highest BCUT2D eigenvalue weighted by Crippen LogP contribution is 2.48. The zero-order valence-electron chi connectivity index (χ0n) is 16.9. The molecule has 0 amide bonds. The van der Waals surface area contributed by atoms with E-state index in [1.807, 2.05) is 25.1 Å². The molecular weight excluding hydrogens is 370 g/mol. The number of ether oxygens (including phenoxy) is 1. The van der Waals surface area contributed by atoms with Crippen LogP contribution in [0, 0.1) is 0 Å². The molecule has 5 rings (SSSR count). The van der Waals surface area contributed by atoms with E-state index in [9.17, 15) is 4.79 Å². The van der Waals surface area contributed by atoms with E-state index < -0.39 is 0 Å². The lowest BCUT2D eigenvalue weighted by molar-refractivity contribution is -0.143. The summed E-state index contributed by atoms with van der Waals surface area (Å²) < 4.78 is 7.65. The van der Waals surface area contributed by atoms with Crippen molar-refractivity contribution >= 4 is 5.97 Å². The highest BCUT2D eigenvalue weighted by molar-refractivity contribution is 5.83. The molecule has 4 aromatic rings. The molecular formula is C27H23NO2. The van der Waals surface area contributed by atoms with E-state index in [-0.39, 0.29) is 11.9 Å². The number of hydrogen-bond acceptors (Lipinski definition) is 2. The average molecular weight is 393 g/mol. The molecule has 30 heavy (non-hydrogen) atoms. The lowest BCUT2D eigenvalue weighted by atomic mass is 9.90. The van der Waals surface area contributed by atoms with Gasteiger partial charge in [0.25, 0.3) is 0 Å². The molecule has 3 heteroatoms. The Bertz CT molecular complexity index is 1190. The molecule has 0 fully saturated rings. The molecule has 1 atom stereocenters. The van der Waals surface area contributed by atoms with Crippen molar-refractivity contribution in [2.24, 2.45) is 0 Å². The van der Waals surface area contributed by atoms with Crippen LogP contribution in [0.25, 0.3) is 28.1 Å². The van der Waals surface area contributed by atoms with Gasteiger partial charge in [-0.2, -0.15) is 0 Å². The SMILES string of the molecule is CCOC(=O)CC1c2ccccc2-n2c(-c3ccccc3)cc(-c3ccccc3)c21. The molecule has 1 aliphatic heterocycles. The summed E-state index contributed by atoms with van der Waals surface area (Å²) in [5, 5.41) is 0. The van der Waals surface area contributed by atoms with Crippen molar-refractivity contribution in [3.8, 4) is 28.1 Å². The molecule has 0 spiro atoms. The Kier molecular flexibility index (Phi) is 4.72. The van der Waals surface area contributed by atoms with Crippen molar-refractivity contribution in [3.63, 3.8) is 0 Å². The minimum atomic E-state index is -0.160. The Balaban J connectivity index is 1.77. The van der Waals surface area contributed by atoms with Crippen LogP contribution in [0.3, 0.4) is 0 Å². The van der Waals surface area contributed by atoms with Gasteiger partial charge in [-0.1, -0.05) is 78.9 Å². The molecule has 148 valence electrons. The summed E-state index contributed by atoms with van der Waals surface area (Å²) in [4.78, 5) is 12.5. The van der Waals surface area contributed by atoms with E-state index in [4.69, 9.17) is 4.74 Å². The molecule has 3 nitrogen and oxygen atoms in total. The van der Waals surface area contributed by atoms with E-state index >= 15 is 0 Å². The summed E-state index contributed by atoms with van der Waals surface area (Å²) in [6, 6.07) is 31.5. The fraction of sp³-hybridized carbons (Fsp3) is 0.148. The summed E-state index contributed by atoms with van der Waals surface area (Å²) in [5.41, 5.74) is 8.11. The average Bonchev–Trinajstić information content (AvgIpc) is 3.32. The third kappa shape index (κ3) is 3.03. The number of benzene rings is 3. The largest absolute Gasteiger partial charge is 0.466 e. The number of aromatic nitrogens is 1. The van der Waals surface area contributed by atoms with Crippen molar-refractivity contribution in [3.05, 3.63) is 102 Å². The Morgan fingerprint density at radius 2 is 1.50 bits per heavy atom. The zero-order valence-corrected chi connectivity index (χ0v) is 16.9. The topological polar surface area (TPSA) is 31.2 Å². The standard InChI is InChI=1S/C27H23NO2/c1-2-30-26(29)18-23-21-15-9-10-16-24(21)28-25(20-13-7-4-8-14-20)17-22(27(23)28)19-11-5-3-6-12-19/h3-17,23H,2,18H2,1H3.